The van der Waals surface area contributed by atoms with Crippen LogP contribution in [-0.4, -0.2) is 27.3 Å². The van der Waals surface area contributed by atoms with E-state index in [-0.39, 0.29) is 17.5 Å². The molecule has 1 aromatic rings. The zero-order valence-corrected chi connectivity index (χ0v) is 14.3. The van der Waals surface area contributed by atoms with Gasteiger partial charge in [0, 0.05) is 17.4 Å². The third kappa shape index (κ3) is 5.67. The maximum atomic E-state index is 11.9. The van der Waals surface area contributed by atoms with E-state index in [0.29, 0.717) is 12.4 Å². The van der Waals surface area contributed by atoms with Gasteiger partial charge in [0.2, 0.25) is 0 Å². The molecule has 120 valence electrons. The molecule has 1 N–H and O–H groups in total. The molecule has 1 rings (SSSR count). The Bertz CT molecular complexity index is 540. The minimum atomic E-state index is -3.07. The Balaban J connectivity index is 3.05. The van der Waals surface area contributed by atoms with E-state index in [9.17, 15) is 8.42 Å². The molecule has 4 nitrogen and oxygen atoms in total. The number of hydrogen-bond donors (Lipinski definition) is 1. The van der Waals surface area contributed by atoms with Gasteiger partial charge in [-0.2, -0.15) is 0 Å². The molecule has 0 aliphatic rings. The lowest BCUT2D eigenvalue weighted by Gasteiger charge is -2.17. The highest BCUT2D eigenvalue weighted by molar-refractivity contribution is 7.90. The van der Waals surface area contributed by atoms with Crippen molar-refractivity contribution in [2.24, 2.45) is 0 Å². The summed E-state index contributed by atoms with van der Waals surface area (Å²) < 4.78 is 29.4. The Morgan fingerprint density at radius 3 is 2.52 bits per heavy atom. The topological polar surface area (TPSA) is 55.4 Å². The molecular formula is C16H27NO3S. The Morgan fingerprint density at radius 1 is 1.24 bits per heavy atom. The van der Waals surface area contributed by atoms with Gasteiger partial charge >= 0.3 is 0 Å². The van der Waals surface area contributed by atoms with Crippen LogP contribution in [0, 0.1) is 0 Å². The molecule has 1 atom stereocenters. The monoisotopic (exact) mass is 313 g/mol. The maximum Gasteiger partial charge on any atom is 0.154 e. The van der Waals surface area contributed by atoms with Crippen LogP contribution in [0.3, 0.4) is 0 Å². The van der Waals surface area contributed by atoms with Gasteiger partial charge in [-0.15, -0.1) is 0 Å². The first-order valence-electron chi connectivity index (χ1n) is 7.62. The van der Waals surface area contributed by atoms with Crippen molar-refractivity contribution >= 4 is 9.84 Å². The fourth-order valence-electron chi connectivity index (χ4n) is 2.10. The van der Waals surface area contributed by atoms with Crippen molar-refractivity contribution in [2.75, 3.05) is 18.9 Å². The molecule has 1 aromatic carbocycles. The van der Waals surface area contributed by atoms with Crippen molar-refractivity contribution in [1.82, 2.24) is 5.32 Å². The molecule has 5 heteroatoms. The quantitative estimate of drug-likeness (QED) is 0.761. The van der Waals surface area contributed by atoms with Gasteiger partial charge in [0.15, 0.2) is 9.84 Å². The Morgan fingerprint density at radius 2 is 1.95 bits per heavy atom. The van der Waals surface area contributed by atoms with Gasteiger partial charge in [-0.05, 0) is 44.5 Å². The van der Waals surface area contributed by atoms with Crippen molar-refractivity contribution in [3.63, 3.8) is 0 Å². The third-order valence-corrected chi connectivity index (χ3v) is 5.03. The first kappa shape index (κ1) is 18.0. The fraction of sp³-hybridized carbons (Fsp3) is 0.625. The van der Waals surface area contributed by atoms with Gasteiger partial charge in [-0.25, -0.2) is 8.42 Å². The van der Waals surface area contributed by atoms with Crippen molar-refractivity contribution in [1.29, 1.82) is 0 Å². The molecule has 0 spiro atoms. The van der Waals surface area contributed by atoms with Crippen LogP contribution in [0.25, 0.3) is 0 Å². The molecule has 1 unspecified atom stereocenters. The first-order chi connectivity index (χ1) is 9.93. The zero-order chi connectivity index (χ0) is 15.9. The second-order valence-electron chi connectivity index (χ2n) is 5.15. The minimum absolute atomic E-state index is 0.0349. The van der Waals surface area contributed by atoms with Crippen molar-refractivity contribution < 1.29 is 13.2 Å². The minimum Gasteiger partial charge on any atom is -0.494 e. The molecular weight excluding hydrogens is 286 g/mol. The summed E-state index contributed by atoms with van der Waals surface area (Å²) in [6, 6.07) is 6.03. The lowest BCUT2D eigenvalue weighted by Crippen LogP contribution is -2.19. The maximum absolute atomic E-state index is 11.9. The van der Waals surface area contributed by atoms with Crippen LogP contribution < -0.4 is 10.1 Å². The Kier molecular flexibility index (Phi) is 7.18. The summed E-state index contributed by atoms with van der Waals surface area (Å²) >= 11 is 0. The van der Waals surface area contributed by atoms with E-state index < -0.39 is 9.84 Å². The number of rotatable bonds is 9. The molecule has 0 bridgehead atoms. The van der Waals surface area contributed by atoms with Crippen molar-refractivity contribution in [3.05, 3.63) is 29.3 Å². The molecule has 0 fully saturated rings. The highest BCUT2D eigenvalue weighted by atomic mass is 32.2. The van der Waals surface area contributed by atoms with E-state index in [1.165, 1.54) is 0 Å². The number of ether oxygens (including phenoxy) is 1. The third-order valence-electron chi connectivity index (χ3n) is 3.40. The van der Waals surface area contributed by atoms with Crippen molar-refractivity contribution in [2.45, 2.75) is 45.9 Å². The number of nitrogens with one attached hydrogen (secondary N) is 1. The van der Waals surface area contributed by atoms with E-state index in [2.05, 4.69) is 19.2 Å². The van der Waals surface area contributed by atoms with Crippen LogP contribution in [0.2, 0.25) is 0 Å². The van der Waals surface area contributed by atoms with Crippen LogP contribution in [0.1, 0.15) is 51.3 Å². The van der Waals surface area contributed by atoms with Crippen LogP contribution in [-0.2, 0) is 15.6 Å². The van der Waals surface area contributed by atoms with E-state index >= 15 is 0 Å². The molecule has 0 aromatic heterocycles. The molecule has 0 radical (unpaired) electrons. The fourth-order valence-corrected chi connectivity index (χ4v) is 3.00. The molecule has 0 saturated heterocycles. The molecule has 0 aliphatic carbocycles. The van der Waals surface area contributed by atoms with Gasteiger partial charge in [0.25, 0.3) is 0 Å². The zero-order valence-electron chi connectivity index (χ0n) is 13.5. The summed E-state index contributed by atoms with van der Waals surface area (Å²) in [5.74, 6) is 0.848. The van der Waals surface area contributed by atoms with Crippen LogP contribution in [0.15, 0.2) is 18.2 Å². The number of benzene rings is 1. The highest BCUT2D eigenvalue weighted by Crippen LogP contribution is 2.25. The largest absolute Gasteiger partial charge is 0.494 e. The summed E-state index contributed by atoms with van der Waals surface area (Å²) in [6.45, 7) is 9.25. The lowest BCUT2D eigenvalue weighted by molar-refractivity contribution is 0.337. The van der Waals surface area contributed by atoms with E-state index in [1.54, 1.807) is 6.92 Å². The van der Waals surface area contributed by atoms with Gasteiger partial charge in [-0.3, -0.25) is 0 Å². The average molecular weight is 313 g/mol. The van der Waals surface area contributed by atoms with Gasteiger partial charge in [-0.1, -0.05) is 19.9 Å². The van der Waals surface area contributed by atoms with Crippen LogP contribution in [0.4, 0.5) is 0 Å². The summed E-state index contributed by atoms with van der Waals surface area (Å²) in [6.07, 6.45) is 1.07. The molecule has 21 heavy (non-hydrogen) atoms. The van der Waals surface area contributed by atoms with Gasteiger partial charge < -0.3 is 10.1 Å². The Labute approximate surface area is 128 Å². The molecule has 0 heterocycles. The SMILES string of the molecule is CCCNC(C)c1ccc(OCC)c(CS(=O)(=O)CC)c1. The van der Waals surface area contributed by atoms with E-state index in [0.717, 1.165) is 24.1 Å². The predicted molar refractivity (Wildman–Crippen MR) is 87.5 cm³/mol. The lowest BCUT2D eigenvalue weighted by atomic mass is 10.0. The number of sulfone groups is 1. The summed E-state index contributed by atoms with van der Waals surface area (Å²) in [5.41, 5.74) is 1.84. The highest BCUT2D eigenvalue weighted by Gasteiger charge is 2.15. The molecule has 0 saturated carbocycles. The molecule has 0 aliphatic heterocycles. The summed E-state index contributed by atoms with van der Waals surface area (Å²) in [5, 5.41) is 3.41. The molecule has 0 amide bonds. The van der Waals surface area contributed by atoms with E-state index in [4.69, 9.17) is 4.74 Å². The van der Waals surface area contributed by atoms with Crippen LogP contribution >= 0.6 is 0 Å². The van der Waals surface area contributed by atoms with Crippen LogP contribution in [0.5, 0.6) is 5.75 Å². The second-order valence-corrected chi connectivity index (χ2v) is 7.51. The van der Waals surface area contributed by atoms with Gasteiger partial charge in [0.05, 0.1) is 12.4 Å². The second kappa shape index (κ2) is 8.39. The summed E-state index contributed by atoms with van der Waals surface area (Å²) in [7, 11) is -3.07. The van der Waals surface area contributed by atoms with Crippen molar-refractivity contribution in [3.8, 4) is 5.75 Å². The van der Waals surface area contributed by atoms with E-state index in [1.807, 2.05) is 25.1 Å². The average Bonchev–Trinajstić information content (AvgIpc) is 2.46. The normalized spacial score (nSPS) is 13.1. The summed E-state index contributed by atoms with van der Waals surface area (Å²) in [4.78, 5) is 0. The van der Waals surface area contributed by atoms with Gasteiger partial charge in [0.1, 0.15) is 5.75 Å². The smallest absolute Gasteiger partial charge is 0.154 e. The predicted octanol–water partition coefficient (Wildman–Crippen LogP) is 3.08. The first-order valence-corrected chi connectivity index (χ1v) is 9.45. The Hall–Kier alpha value is -1.07. The standard InChI is InChI=1S/C16H27NO3S/c1-5-10-17-13(4)14-8-9-16(20-6-2)15(11-14)12-21(18,19)7-3/h8-9,11,13,17H,5-7,10,12H2,1-4H3. The number of hydrogen-bond acceptors (Lipinski definition) is 4.